The Hall–Kier alpha value is -0.355. The van der Waals surface area contributed by atoms with E-state index in [1.165, 1.54) is 6.07 Å². The van der Waals surface area contributed by atoms with E-state index in [0.717, 1.165) is 0 Å². The van der Waals surface area contributed by atoms with Crippen LogP contribution in [0.25, 0.3) is 0 Å². The topological polar surface area (TPSA) is 31.4 Å². The van der Waals surface area contributed by atoms with Crippen molar-refractivity contribution in [3.8, 4) is 0 Å². The summed E-state index contributed by atoms with van der Waals surface area (Å²) in [5, 5.41) is -0.182. The summed E-state index contributed by atoms with van der Waals surface area (Å²) in [6, 6.07) is 1.37. The number of rotatable bonds is 1. The van der Waals surface area contributed by atoms with Crippen LogP contribution >= 0.6 is 23.2 Å². The molecule has 1 fully saturated rings. The molecule has 1 saturated heterocycles. The first-order chi connectivity index (χ1) is 8.14. The number of aromatic nitrogens is 1. The van der Waals surface area contributed by atoms with Crippen LogP contribution in [-0.2, 0) is 9.31 Å². The van der Waals surface area contributed by atoms with Crippen molar-refractivity contribution < 1.29 is 13.7 Å². The maximum absolute atomic E-state index is 13.9. The smallest absolute Gasteiger partial charge is 0.399 e. The lowest BCUT2D eigenvalue weighted by molar-refractivity contribution is 0.00578. The molecule has 1 aromatic rings. The van der Waals surface area contributed by atoms with Crippen molar-refractivity contribution in [2.24, 2.45) is 0 Å². The second-order valence-corrected chi connectivity index (χ2v) is 5.97. The number of halogens is 3. The quantitative estimate of drug-likeness (QED) is 0.589. The molecular formula is C11H13BCl2FNO2. The van der Waals surface area contributed by atoms with Crippen LogP contribution in [0.3, 0.4) is 0 Å². The molecule has 0 aliphatic carbocycles. The van der Waals surface area contributed by atoms with Crippen molar-refractivity contribution in [3.63, 3.8) is 0 Å². The standard InChI is InChI=1S/C11H13BCl2FNO2/c1-10(2)11(3,4)18-12(17-10)6-5-7(13)16-9(14)8(6)15/h5H,1-4H3. The van der Waals surface area contributed by atoms with Crippen LogP contribution < -0.4 is 5.46 Å². The molecule has 0 radical (unpaired) electrons. The molecule has 2 heterocycles. The largest absolute Gasteiger partial charge is 0.498 e. The lowest BCUT2D eigenvalue weighted by Gasteiger charge is -2.32. The first kappa shape index (κ1) is 14.1. The Morgan fingerprint density at radius 3 is 2.17 bits per heavy atom. The summed E-state index contributed by atoms with van der Waals surface area (Å²) in [4.78, 5) is 3.62. The van der Waals surface area contributed by atoms with Crippen molar-refractivity contribution in [2.45, 2.75) is 38.9 Å². The summed E-state index contributed by atoms with van der Waals surface area (Å²) in [6.45, 7) is 7.54. The third-order valence-corrected chi connectivity index (χ3v) is 3.87. The van der Waals surface area contributed by atoms with Crippen molar-refractivity contribution >= 4 is 35.8 Å². The number of hydrogen-bond donors (Lipinski definition) is 0. The molecule has 0 atom stereocenters. The van der Waals surface area contributed by atoms with Gasteiger partial charge in [0.2, 0.25) is 0 Å². The van der Waals surface area contributed by atoms with Crippen LogP contribution in [0.1, 0.15) is 27.7 Å². The van der Waals surface area contributed by atoms with Gasteiger partial charge in [-0.3, -0.25) is 0 Å². The van der Waals surface area contributed by atoms with Crippen LogP contribution in [0.5, 0.6) is 0 Å². The van der Waals surface area contributed by atoms with E-state index in [1.54, 1.807) is 0 Å². The predicted octanol–water partition coefficient (Wildman–Crippen LogP) is 2.83. The SMILES string of the molecule is CC1(C)OB(c2cc(Cl)nc(Cl)c2F)OC1(C)C. The van der Waals surface area contributed by atoms with E-state index in [0.29, 0.717) is 0 Å². The normalized spacial score (nSPS) is 21.4. The molecule has 0 amide bonds. The lowest BCUT2D eigenvalue weighted by Crippen LogP contribution is -2.41. The zero-order valence-corrected chi connectivity index (χ0v) is 12.1. The van der Waals surface area contributed by atoms with Gasteiger partial charge in [0, 0.05) is 5.46 Å². The molecule has 18 heavy (non-hydrogen) atoms. The molecular weight excluding hydrogens is 279 g/mol. The Morgan fingerprint density at radius 2 is 1.67 bits per heavy atom. The average molecular weight is 292 g/mol. The monoisotopic (exact) mass is 291 g/mol. The molecule has 0 unspecified atom stereocenters. The lowest BCUT2D eigenvalue weighted by atomic mass is 9.79. The van der Waals surface area contributed by atoms with Gasteiger partial charge in [0.1, 0.15) is 5.15 Å². The maximum Gasteiger partial charge on any atom is 0.498 e. The molecule has 0 bridgehead atoms. The van der Waals surface area contributed by atoms with Gasteiger partial charge in [-0.2, -0.15) is 0 Å². The summed E-state index contributed by atoms with van der Waals surface area (Å²) < 4.78 is 25.4. The van der Waals surface area contributed by atoms with E-state index in [-0.39, 0.29) is 15.8 Å². The molecule has 0 N–H and O–H groups in total. The van der Waals surface area contributed by atoms with Gasteiger partial charge in [-0.25, -0.2) is 9.37 Å². The second-order valence-electron chi connectivity index (χ2n) is 5.23. The van der Waals surface area contributed by atoms with Gasteiger partial charge in [-0.1, -0.05) is 23.2 Å². The fraction of sp³-hybridized carbons (Fsp3) is 0.545. The molecule has 1 aliphatic rings. The van der Waals surface area contributed by atoms with E-state index in [9.17, 15) is 4.39 Å². The molecule has 98 valence electrons. The zero-order chi connectivity index (χ0) is 13.7. The van der Waals surface area contributed by atoms with E-state index < -0.39 is 24.1 Å². The highest BCUT2D eigenvalue weighted by Crippen LogP contribution is 2.36. The van der Waals surface area contributed by atoms with Crippen LogP contribution in [0.15, 0.2) is 6.07 Å². The van der Waals surface area contributed by atoms with Gasteiger partial charge < -0.3 is 9.31 Å². The first-order valence-corrected chi connectivity index (χ1v) is 6.27. The van der Waals surface area contributed by atoms with Crippen molar-refractivity contribution in [1.29, 1.82) is 0 Å². The Morgan fingerprint density at radius 1 is 1.17 bits per heavy atom. The van der Waals surface area contributed by atoms with Crippen molar-refractivity contribution in [3.05, 3.63) is 22.2 Å². The van der Waals surface area contributed by atoms with E-state index >= 15 is 0 Å². The van der Waals surface area contributed by atoms with E-state index in [2.05, 4.69) is 4.98 Å². The zero-order valence-electron chi connectivity index (χ0n) is 10.6. The summed E-state index contributed by atoms with van der Waals surface area (Å²) in [5.41, 5.74) is -0.933. The Bertz CT molecular complexity index is 480. The summed E-state index contributed by atoms with van der Waals surface area (Å²) in [5.74, 6) is -0.667. The van der Waals surface area contributed by atoms with Gasteiger partial charge in [-0.05, 0) is 33.8 Å². The third kappa shape index (κ3) is 2.25. The summed E-state index contributed by atoms with van der Waals surface area (Å²) in [7, 11) is -0.840. The molecule has 1 aliphatic heterocycles. The minimum absolute atomic E-state index is 0.103. The molecule has 2 rings (SSSR count). The van der Waals surface area contributed by atoms with E-state index in [4.69, 9.17) is 32.5 Å². The minimum Gasteiger partial charge on any atom is -0.399 e. The molecule has 7 heteroatoms. The van der Waals surface area contributed by atoms with Gasteiger partial charge in [0.25, 0.3) is 0 Å². The van der Waals surface area contributed by atoms with Gasteiger partial charge >= 0.3 is 7.12 Å². The van der Waals surface area contributed by atoms with E-state index in [1.807, 2.05) is 27.7 Å². The highest BCUT2D eigenvalue weighted by Gasteiger charge is 2.52. The first-order valence-electron chi connectivity index (χ1n) is 5.51. The predicted molar refractivity (Wildman–Crippen MR) is 69.9 cm³/mol. The highest BCUT2D eigenvalue weighted by atomic mass is 35.5. The highest BCUT2D eigenvalue weighted by molar-refractivity contribution is 6.62. The summed E-state index contributed by atoms with van der Waals surface area (Å²) in [6.07, 6.45) is 0. The molecule has 0 aromatic carbocycles. The van der Waals surface area contributed by atoms with Crippen molar-refractivity contribution in [1.82, 2.24) is 4.98 Å². The fourth-order valence-corrected chi connectivity index (χ4v) is 2.07. The van der Waals surface area contributed by atoms with Crippen LogP contribution in [-0.4, -0.2) is 23.3 Å². The maximum atomic E-state index is 13.9. The molecule has 0 spiro atoms. The second kappa shape index (κ2) is 4.34. The minimum atomic E-state index is -0.840. The van der Waals surface area contributed by atoms with Crippen LogP contribution in [0.2, 0.25) is 10.3 Å². The summed E-state index contributed by atoms with van der Waals surface area (Å²) >= 11 is 11.4. The molecule has 3 nitrogen and oxygen atoms in total. The Balaban J connectivity index is 2.41. The van der Waals surface area contributed by atoms with Gasteiger partial charge in [0.05, 0.1) is 11.2 Å². The van der Waals surface area contributed by atoms with Gasteiger partial charge in [0.15, 0.2) is 11.0 Å². The molecule has 0 saturated carbocycles. The van der Waals surface area contributed by atoms with Crippen molar-refractivity contribution in [2.75, 3.05) is 0 Å². The number of nitrogens with zero attached hydrogens (tertiary/aromatic N) is 1. The average Bonchev–Trinajstić information content (AvgIpc) is 2.42. The Labute approximate surface area is 116 Å². The number of pyridine rings is 1. The van der Waals surface area contributed by atoms with Gasteiger partial charge in [-0.15, -0.1) is 0 Å². The van der Waals surface area contributed by atoms with Crippen LogP contribution in [0, 0.1) is 5.82 Å². The van der Waals surface area contributed by atoms with Crippen LogP contribution in [0.4, 0.5) is 4.39 Å². The Kier molecular flexibility index (Phi) is 3.39. The third-order valence-electron chi connectivity index (χ3n) is 3.42. The molecule has 1 aromatic heterocycles. The number of hydrogen-bond acceptors (Lipinski definition) is 3. The fourth-order valence-electron chi connectivity index (χ4n) is 1.63.